The van der Waals surface area contributed by atoms with Gasteiger partial charge in [0.05, 0.1) is 10.4 Å². The Labute approximate surface area is 97.5 Å². The largest absolute Gasteiger partial charge is 0.392 e. The van der Waals surface area contributed by atoms with Crippen molar-refractivity contribution in [2.75, 3.05) is 11.5 Å². The van der Waals surface area contributed by atoms with Crippen LogP contribution in [0, 0.1) is 5.92 Å². The number of halogens is 1. The van der Waals surface area contributed by atoms with Crippen LogP contribution in [0.15, 0.2) is 12.1 Å². The molecule has 2 unspecified atom stereocenters. The van der Waals surface area contributed by atoms with Crippen molar-refractivity contribution >= 4 is 34.7 Å². The van der Waals surface area contributed by atoms with E-state index >= 15 is 0 Å². The maximum Gasteiger partial charge on any atom is 0.0931 e. The summed E-state index contributed by atoms with van der Waals surface area (Å²) in [6.45, 7) is 0. The van der Waals surface area contributed by atoms with E-state index in [9.17, 15) is 5.11 Å². The first kappa shape index (κ1) is 10.8. The van der Waals surface area contributed by atoms with Crippen molar-refractivity contribution in [1.29, 1.82) is 0 Å². The van der Waals surface area contributed by atoms with Gasteiger partial charge in [-0.2, -0.15) is 11.8 Å². The fourth-order valence-corrected chi connectivity index (χ4v) is 4.16. The molecule has 1 aliphatic rings. The van der Waals surface area contributed by atoms with Gasteiger partial charge in [0.2, 0.25) is 0 Å². The lowest BCUT2D eigenvalue weighted by atomic mass is 9.99. The van der Waals surface area contributed by atoms with E-state index in [0.29, 0.717) is 5.92 Å². The molecular weight excluding hydrogens is 236 g/mol. The van der Waals surface area contributed by atoms with E-state index in [4.69, 9.17) is 11.6 Å². The third-order valence-corrected chi connectivity index (χ3v) is 4.99. The summed E-state index contributed by atoms with van der Waals surface area (Å²) in [4.78, 5) is 1.19. The molecule has 1 aromatic rings. The highest BCUT2D eigenvalue weighted by Gasteiger charge is 2.23. The van der Waals surface area contributed by atoms with Crippen molar-refractivity contribution in [2.45, 2.75) is 18.9 Å². The Hall–Kier alpha value is 0.300. The zero-order valence-electron chi connectivity index (χ0n) is 7.78. The molecule has 1 nitrogen and oxygen atoms in total. The van der Waals surface area contributed by atoms with Crippen LogP contribution in [0.1, 0.15) is 11.3 Å². The smallest absolute Gasteiger partial charge is 0.0931 e. The monoisotopic (exact) mass is 248 g/mol. The third kappa shape index (κ3) is 2.66. The summed E-state index contributed by atoms with van der Waals surface area (Å²) in [6.07, 6.45) is 1.74. The Bertz CT molecular complexity index is 294. The highest BCUT2D eigenvalue weighted by atomic mass is 35.5. The van der Waals surface area contributed by atoms with E-state index in [1.165, 1.54) is 10.6 Å². The average molecular weight is 249 g/mol. The second kappa shape index (κ2) is 4.88. The van der Waals surface area contributed by atoms with Gasteiger partial charge in [-0.05, 0) is 36.0 Å². The number of thioether (sulfide) groups is 1. The number of hydrogen-bond acceptors (Lipinski definition) is 3. The number of hydrogen-bond donors (Lipinski definition) is 1. The van der Waals surface area contributed by atoms with Gasteiger partial charge in [-0.1, -0.05) is 11.6 Å². The van der Waals surface area contributed by atoms with Crippen molar-refractivity contribution in [3.63, 3.8) is 0 Å². The molecule has 1 aromatic heterocycles. The predicted molar refractivity (Wildman–Crippen MR) is 64.5 cm³/mol. The molecule has 0 amide bonds. The van der Waals surface area contributed by atoms with Crippen LogP contribution < -0.4 is 0 Å². The Balaban J connectivity index is 1.90. The SMILES string of the molecule is OC(Cc1ccc(Cl)s1)C1CCSC1. The Morgan fingerprint density at radius 2 is 2.43 bits per heavy atom. The molecule has 0 aromatic carbocycles. The first-order valence-electron chi connectivity index (χ1n) is 4.76. The normalized spacial score (nSPS) is 24.0. The molecule has 0 aliphatic carbocycles. The van der Waals surface area contributed by atoms with E-state index < -0.39 is 0 Å². The minimum atomic E-state index is -0.181. The van der Waals surface area contributed by atoms with Crippen LogP contribution in [0.2, 0.25) is 4.34 Å². The molecule has 0 spiro atoms. The standard InChI is InChI=1S/C10H13ClOS2/c11-10-2-1-8(14-10)5-9(12)7-3-4-13-6-7/h1-2,7,9,12H,3-6H2. The molecule has 14 heavy (non-hydrogen) atoms. The molecule has 0 bridgehead atoms. The maximum atomic E-state index is 9.96. The Morgan fingerprint density at radius 3 is 3.00 bits per heavy atom. The van der Waals surface area contributed by atoms with Crippen LogP contribution >= 0.6 is 34.7 Å². The molecule has 2 heterocycles. The Kier molecular flexibility index (Phi) is 3.77. The van der Waals surface area contributed by atoms with E-state index in [-0.39, 0.29) is 6.10 Å². The summed E-state index contributed by atoms with van der Waals surface area (Å²) in [5.41, 5.74) is 0. The second-order valence-corrected chi connectivity index (χ2v) is 6.55. The fraction of sp³-hybridized carbons (Fsp3) is 0.600. The third-order valence-electron chi connectivity index (χ3n) is 2.55. The van der Waals surface area contributed by atoms with Crippen molar-refractivity contribution in [1.82, 2.24) is 0 Å². The van der Waals surface area contributed by atoms with Crippen LogP contribution in [0.3, 0.4) is 0 Å². The van der Waals surface area contributed by atoms with E-state index in [0.717, 1.165) is 22.9 Å². The predicted octanol–water partition coefficient (Wildman–Crippen LogP) is 3.06. The molecule has 1 fully saturated rings. The van der Waals surface area contributed by atoms with Crippen LogP contribution in [0.5, 0.6) is 0 Å². The summed E-state index contributed by atoms with van der Waals surface area (Å²) in [6, 6.07) is 3.91. The molecule has 2 atom stereocenters. The van der Waals surface area contributed by atoms with Crippen LogP contribution in [0.25, 0.3) is 0 Å². The molecule has 78 valence electrons. The van der Waals surface area contributed by atoms with E-state index in [2.05, 4.69) is 0 Å². The highest BCUT2D eigenvalue weighted by Crippen LogP contribution is 2.29. The van der Waals surface area contributed by atoms with Crippen LogP contribution in [-0.4, -0.2) is 22.7 Å². The molecule has 0 saturated carbocycles. The molecule has 1 N–H and O–H groups in total. The van der Waals surface area contributed by atoms with Crippen LogP contribution in [0.4, 0.5) is 0 Å². The van der Waals surface area contributed by atoms with E-state index in [1.54, 1.807) is 11.3 Å². The van der Waals surface area contributed by atoms with Crippen molar-refractivity contribution in [3.05, 3.63) is 21.3 Å². The van der Waals surface area contributed by atoms with Gasteiger partial charge < -0.3 is 5.11 Å². The van der Waals surface area contributed by atoms with Crippen molar-refractivity contribution in [2.24, 2.45) is 5.92 Å². The molecule has 1 aliphatic heterocycles. The summed E-state index contributed by atoms with van der Waals surface area (Å²) in [5.74, 6) is 2.80. The van der Waals surface area contributed by atoms with Gasteiger partial charge in [0.1, 0.15) is 0 Å². The average Bonchev–Trinajstić information content (AvgIpc) is 2.75. The summed E-state index contributed by atoms with van der Waals surface area (Å²) in [7, 11) is 0. The highest BCUT2D eigenvalue weighted by molar-refractivity contribution is 7.99. The van der Waals surface area contributed by atoms with Gasteiger partial charge in [0.25, 0.3) is 0 Å². The lowest BCUT2D eigenvalue weighted by molar-refractivity contribution is 0.121. The molecule has 2 rings (SSSR count). The molecule has 1 saturated heterocycles. The molecule has 0 radical (unpaired) electrons. The topological polar surface area (TPSA) is 20.2 Å². The second-order valence-electron chi connectivity index (χ2n) is 3.60. The van der Waals surface area contributed by atoms with Gasteiger partial charge in [0.15, 0.2) is 0 Å². The number of aliphatic hydroxyl groups excluding tert-OH is 1. The number of rotatable bonds is 3. The quantitative estimate of drug-likeness (QED) is 0.887. The van der Waals surface area contributed by atoms with Gasteiger partial charge in [0, 0.05) is 11.3 Å². The van der Waals surface area contributed by atoms with Crippen LogP contribution in [-0.2, 0) is 6.42 Å². The molecular formula is C10H13ClOS2. The minimum Gasteiger partial charge on any atom is -0.392 e. The first-order chi connectivity index (χ1) is 6.75. The van der Waals surface area contributed by atoms with Crippen molar-refractivity contribution < 1.29 is 5.11 Å². The van der Waals surface area contributed by atoms with Gasteiger partial charge in [-0.15, -0.1) is 11.3 Å². The number of thiophene rings is 1. The Morgan fingerprint density at radius 1 is 1.57 bits per heavy atom. The summed E-state index contributed by atoms with van der Waals surface area (Å²) < 4.78 is 0.813. The van der Waals surface area contributed by atoms with Gasteiger partial charge in [-0.25, -0.2) is 0 Å². The van der Waals surface area contributed by atoms with Gasteiger partial charge in [-0.3, -0.25) is 0 Å². The number of aliphatic hydroxyl groups is 1. The van der Waals surface area contributed by atoms with Crippen molar-refractivity contribution in [3.8, 4) is 0 Å². The lowest BCUT2D eigenvalue weighted by Gasteiger charge is -2.15. The fourth-order valence-electron chi connectivity index (χ4n) is 1.69. The maximum absolute atomic E-state index is 9.96. The summed E-state index contributed by atoms with van der Waals surface area (Å²) in [5, 5.41) is 9.96. The zero-order chi connectivity index (χ0) is 9.97. The minimum absolute atomic E-state index is 0.181. The first-order valence-corrected chi connectivity index (χ1v) is 7.10. The van der Waals surface area contributed by atoms with E-state index in [1.807, 2.05) is 23.9 Å². The zero-order valence-corrected chi connectivity index (χ0v) is 10.2. The summed E-state index contributed by atoms with van der Waals surface area (Å²) >= 11 is 9.35. The van der Waals surface area contributed by atoms with Gasteiger partial charge >= 0.3 is 0 Å². The lowest BCUT2D eigenvalue weighted by Crippen LogP contribution is -2.21. The molecule has 4 heteroatoms.